The van der Waals surface area contributed by atoms with Gasteiger partial charge >= 0.3 is 0 Å². The largest absolute Gasteiger partial charge is 0.506 e. The number of nitrogens with two attached hydrogens (primary N) is 1. The summed E-state index contributed by atoms with van der Waals surface area (Å²) in [5.74, 6) is 1.09. The Morgan fingerprint density at radius 1 is 1.41 bits per heavy atom. The summed E-state index contributed by atoms with van der Waals surface area (Å²) in [6.45, 7) is 0. The van der Waals surface area contributed by atoms with Crippen molar-refractivity contribution in [2.45, 2.75) is 31.7 Å². The van der Waals surface area contributed by atoms with Gasteiger partial charge in [0, 0.05) is 6.04 Å². The molecule has 3 N–H and O–H groups in total. The molecule has 1 saturated carbocycles. The molecule has 0 radical (unpaired) electrons. The van der Waals surface area contributed by atoms with Crippen molar-refractivity contribution in [3.05, 3.63) is 22.7 Å². The smallest absolute Gasteiger partial charge is 0.142 e. The fourth-order valence-electron chi connectivity index (χ4n) is 2.62. The van der Waals surface area contributed by atoms with Crippen molar-refractivity contribution in [1.82, 2.24) is 0 Å². The van der Waals surface area contributed by atoms with E-state index in [4.69, 9.17) is 22.1 Å². The predicted octanol–water partition coefficient (Wildman–Crippen LogP) is 3.24. The summed E-state index contributed by atoms with van der Waals surface area (Å²) in [4.78, 5) is 0. The zero-order valence-corrected chi connectivity index (χ0v) is 10.7. The van der Waals surface area contributed by atoms with Gasteiger partial charge in [-0.25, -0.2) is 0 Å². The van der Waals surface area contributed by atoms with Crippen molar-refractivity contribution in [1.29, 1.82) is 0 Å². The summed E-state index contributed by atoms with van der Waals surface area (Å²) in [5.41, 5.74) is 6.89. The van der Waals surface area contributed by atoms with Crippen LogP contribution in [0.15, 0.2) is 12.1 Å². The molecule has 2 rings (SSSR count). The number of ether oxygens (including phenoxy) is 1. The highest BCUT2D eigenvalue weighted by Gasteiger charge is 2.28. The number of methoxy groups -OCH3 is 1. The predicted molar refractivity (Wildman–Crippen MR) is 68.6 cm³/mol. The van der Waals surface area contributed by atoms with E-state index >= 15 is 0 Å². The summed E-state index contributed by atoms with van der Waals surface area (Å²) >= 11 is 5.93. The van der Waals surface area contributed by atoms with Crippen LogP contribution in [0, 0.1) is 5.92 Å². The van der Waals surface area contributed by atoms with E-state index < -0.39 is 0 Å². The highest BCUT2D eigenvalue weighted by atomic mass is 35.5. The highest BCUT2D eigenvalue weighted by Crippen LogP contribution is 2.43. The van der Waals surface area contributed by atoms with Crippen LogP contribution in [0.4, 0.5) is 0 Å². The van der Waals surface area contributed by atoms with E-state index in [0.717, 1.165) is 12.8 Å². The Hall–Kier alpha value is -0.930. The standard InChI is InChI=1S/C13H18ClNO2/c1-17-10-7-6-9(14)13(16)11(10)12(15)8-4-2-3-5-8/h6-8,12,16H,2-5,15H2,1H3/t12-/m1/s1. The van der Waals surface area contributed by atoms with Crippen LogP contribution in [0.1, 0.15) is 37.3 Å². The molecule has 0 bridgehead atoms. The minimum atomic E-state index is -0.203. The lowest BCUT2D eigenvalue weighted by Crippen LogP contribution is -2.20. The molecule has 1 atom stereocenters. The van der Waals surface area contributed by atoms with Gasteiger partial charge in [-0.15, -0.1) is 0 Å². The van der Waals surface area contributed by atoms with Crippen molar-refractivity contribution in [3.8, 4) is 11.5 Å². The molecule has 1 aliphatic rings. The third kappa shape index (κ3) is 2.35. The summed E-state index contributed by atoms with van der Waals surface area (Å²) in [7, 11) is 1.58. The zero-order chi connectivity index (χ0) is 12.4. The van der Waals surface area contributed by atoms with Gasteiger partial charge in [-0.05, 0) is 30.9 Å². The number of halogens is 1. The average Bonchev–Trinajstić information content (AvgIpc) is 2.85. The first kappa shape index (κ1) is 12.5. The molecular weight excluding hydrogens is 238 g/mol. The molecule has 17 heavy (non-hydrogen) atoms. The lowest BCUT2D eigenvalue weighted by Gasteiger charge is -2.22. The SMILES string of the molecule is COc1ccc(Cl)c(O)c1[C@H](N)C1CCCC1. The molecule has 1 aromatic carbocycles. The molecule has 0 spiro atoms. The number of phenolic OH excluding ortho intramolecular Hbond substituents is 1. The van der Waals surface area contributed by atoms with Crippen LogP contribution < -0.4 is 10.5 Å². The molecule has 1 fully saturated rings. The Balaban J connectivity index is 2.37. The second-order valence-electron chi connectivity index (χ2n) is 4.58. The van der Waals surface area contributed by atoms with E-state index in [2.05, 4.69) is 0 Å². The van der Waals surface area contributed by atoms with Crippen molar-refractivity contribution in [2.75, 3.05) is 7.11 Å². The van der Waals surface area contributed by atoms with Gasteiger partial charge in [-0.1, -0.05) is 24.4 Å². The van der Waals surface area contributed by atoms with Crippen molar-refractivity contribution in [3.63, 3.8) is 0 Å². The second-order valence-corrected chi connectivity index (χ2v) is 4.99. The number of benzene rings is 1. The Labute approximate surface area is 107 Å². The maximum Gasteiger partial charge on any atom is 0.142 e. The Bertz CT molecular complexity index is 403. The van der Waals surface area contributed by atoms with E-state index in [1.54, 1.807) is 19.2 Å². The quantitative estimate of drug-likeness (QED) is 0.872. The van der Waals surface area contributed by atoms with Crippen molar-refractivity contribution >= 4 is 11.6 Å². The Morgan fingerprint density at radius 3 is 2.65 bits per heavy atom. The Morgan fingerprint density at radius 2 is 2.06 bits per heavy atom. The maximum atomic E-state index is 10.0. The van der Waals surface area contributed by atoms with E-state index in [0.29, 0.717) is 22.3 Å². The van der Waals surface area contributed by atoms with Crippen molar-refractivity contribution in [2.24, 2.45) is 11.7 Å². The first-order valence-corrected chi connectivity index (χ1v) is 6.34. The van der Waals surface area contributed by atoms with Crippen LogP contribution in [-0.4, -0.2) is 12.2 Å². The molecule has 0 amide bonds. The summed E-state index contributed by atoms with van der Waals surface area (Å²) < 4.78 is 5.26. The van der Waals surface area contributed by atoms with Gasteiger partial charge in [-0.3, -0.25) is 0 Å². The van der Waals surface area contributed by atoms with E-state index in [1.165, 1.54) is 12.8 Å². The van der Waals surface area contributed by atoms with Crippen LogP contribution in [-0.2, 0) is 0 Å². The topological polar surface area (TPSA) is 55.5 Å². The maximum absolute atomic E-state index is 10.0. The number of hydrogen-bond acceptors (Lipinski definition) is 3. The summed E-state index contributed by atoms with van der Waals surface area (Å²) in [6, 6.07) is 3.18. The number of rotatable bonds is 3. The second kappa shape index (κ2) is 5.15. The van der Waals surface area contributed by atoms with Gasteiger partial charge in [0.15, 0.2) is 0 Å². The highest BCUT2D eigenvalue weighted by molar-refractivity contribution is 6.32. The van der Waals surface area contributed by atoms with E-state index in [9.17, 15) is 5.11 Å². The van der Waals surface area contributed by atoms with Gasteiger partial charge in [0.05, 0.1) is 17.7 Å². The molecule has 0 unspecified atom stereocenters. The fraction of sp³-hybridized carbons (Fsp3) is 0.538. The monoisotopic (exact) mass is 255 g/mol. The van der Waals surface area contributed by atoms with Crippen LogP contribution in [0.25, 0.3) is 0 Å². The molecular formula is C13H18ClNO2. The van der Waals surface area contributed by atoms with Crippen LogP contribution in [0.3, 0.4) is 0 Å². The molecule has 4 heteroatoms. The van der Waals surface area contributed by atoms with E-state index in [-0.39, 0.29) is 11.8 Å². The Kier molecular flexibility index (Phi) is 3.79. The fourth-order valence-corrected chi connectivity index (χ4v) is 2.78. The average molecular weight is 256 g/mol. The normalized spacial score (nSPS) is 18.3. The van der Waals surface area contributed by atoms with Crippen molar-refractivity contribution < 1.29 is 9.84 Å². The van der Waals surface area contributed by atoms with Gasteiger partial charge < -0.3 is 15.6 Å². The molecule has 0 aromatic heterocycles. The lowest BCUT2D eigenvalue weighted by molar-refractivity contribution is 0.368. The summed E-state index contributed by atoms with van der Waals surface area (Å²) in [5, 5.41) is 10.4. The molecule has 1 aromatic rings. The van der Waals surface area contributed by atoms with Crippen LogP contribution >= 0.6 is 11.6 Å². The zero-order valence-electron chi connectivity index (χ0n) is 9.95. The molecule has 3 nitrogen and oxygen atoms in total. The third-order valence-electron chi connectivity index (χ3n) is 3.59. The lowest BCUT2D eigenvalue weighted by atomic mass is 9.91. The number of phenols is 1. The molecule has 0 heterocycles. The molecule has 94 valence electrons. The number of hydrogen-bond donors (Lipinski definition) is 2. The minimum absolute atomic E-state index is 0.0606. The number of aromatic hydroxyl groups is 1. The van der Waals surface area contributed by atoms with Gasteiger partial charge in [0.25, 0.3) is 0 Å². The van der Waals surface area contributed by atoms with Gasteiger partial charge in [-0.2, -0.15) is 0 Å². The van der Waals surface area contributed by atoms with Gasteiger partial charge in [0.1, 0.15) is 11.5 Å². The first-order valence-electron chi connectivity index (χ1n) is 5.96. The molecule has 0 saturated heterocycles. The first-order chi connectivity index (χ1) is 8.15. The third-order valence-corrected chi connectivity index (χ3v) is 3.89. The molecule has 0 aliphatic heterocycles. The minimum Gasteiger partial charge on any atom is -0.506 e. The van der Waals surface area contributed by atoms with Gasteiger partial charge in [0.2, 0.25) is 0 Å². The molecule has 1 aliphatic carbocycles. The summed E-state index contributed by atoms with van der Waals surface area (Å²) in [6.07, 6.45) is 4.64. The van der Waals surface area contributed by atoms with Crippen LogP contribution in [0.5, 0.6) is 11.5 Å². The van der Waals surface area contributed by atoms with Crippen LogP contribution in [0.2, 0.25) is 5.02 Å². The van der Waals surface area contributed by atoms with E-state index in [1.807, 2.05) is 0 Å².